The normalized spacial score (nSPS) is 25.4. The largest absolute Gasteiger partial charge is 0.378 e. The minimum Gasteiger partial charge on any atom is -0.378 e. The van der Waals surface area contributed by atoms with Gasteiger partial charge in [-0.25, -0.2) is 0 Å². The van der Waals surface area contributed by atoms with Gasteiger partial charge in [-0.05, 0) is 14.1 Å². The second kappa shape index (κ2) is 5.96. The molecular formula is C9H19BrN2O. The standard InChI is InChI=1S/C9H19BrN2O/c1-11(2)3-4-12-5-6-13-8-9(12)7-10/h9H,3-8H2,1-2H3. The van der Waals surface area contributed by atoms with Gasteiger partial charge in [0.1, 0.15) is 0 Å². The fourth-order valence-electron chi connectivity index (χ4n) is 1.45. The molecule has 0 aromatic carbocycles. The summed E-state index contributed by atoms with van der Waals surface area (Å²) in [6.07, 6.45) is 0. The fourth-order valence-corrected chi connectivity index (χ4v) is 2.05. The molecule has 0 aromatic rings. The summed E-state index contributed by atoms with van der Waals surface area (Å²) < 4.78 is 5.42. The van der Waals surface area contributed by atoms with Crippen LogP contribution >= 0.6 is 15.9 Å². The summed E-state index contributed by atoms with van der Waals surface area (Å²) >= 11 is 3.52. The van der Waals surface area contributed by atoms with Crippen molar-refractivity contribution in [1.82, 2.24) is 9.80 Å². The molecule has 4 heteroatoms. The average Bonchev–Trinajstić information content (AvgIpc) is 2.15. The van der Waals surface area contributed by atoms with Crippen LogP contribution in [0.1, 0.15) is 0 Å². The van der Waals surface area contributed by atoms with Crippen LogP contribution in [0.5, 0.6) is 0 Å². The number of halogens is 1. The number of nitrogens with zero attached hydrogens (tertiary/aromatic N) is 2. The van der Waals surface area contributed by atoms with Gasteiger partial charge in [0.2, 0.25) is 0 Å². The van der Waals surface area contributed by atoms with E-state index in [-0.39, 0.29) is 0 Å². The quantitative estimate of drug-likeness (QED) is 0.682. The lowest BCUT2D eigenvalue weighted by atomic mass is 10.2. The Labute approximate surface area is 89.2 Å². The first-order valence-electron chi connectivity index (χ1n) is 4.76. The number of rotatable bonds is 4. The molecule has 0 amide bonds. The molecule has 1 rings (SSSR count). The van der Waals surface area contributed by atoms with Crippen molar-refractivity contribution in [2.24, 2.45) is 0 Å². The van der Waals surface area contributed by atoms with Crippen LogP contribution in [0.4, 0.5) is 0 Å². The number of alkyl halides is 1. The van der Waals surface area contributed by atoms with Crippen molar-refractivity contribution in [2.75, 3.05) is 52.3 Å². The Hall–Kier alpha value is 0.360. The monoisotopic (exact) mass is 250 g/mol. The maximum absolute atomic E-state index is 5.42. The van der Waals surface area contributed by atoms with Gasteiger partial charge in [-0.1, -0.05) is 15.9 Å². The van der Waals surface area contributed by atoms with Crippen LogP contribution < -0.4 is 0 Å². The van der Waals surface area contributed by atoms with Crippen molar-refractivity contribution in [2.45, 2.75) is 6.04 Å². The second-order valence-corrected chi connectivity index (χ2v) is 4.37. The zero-order valence-electron chi connectivity index (χ0n) is 8.50. The molecule has 1 atom stereocenters. The third-order valence-corrected chi connectivity index (χ3v) is 3.11. The smallest absolute Gasteiger partial charge is 0.0630 e. The molecule has 1 saturated heterocycles. The van der Waals surface area contributed by atoms with Gasteiger partial charge in [0.05, 0.1) is 13.2 Å². The Bertz CT molecular complexity index is 144. The summed E-state index contributed by atoms with van der Waals surface area (Å²) in [4.78, 5) is 4.72. The molecule has 1 fully saturated rings. The molecule has 0 radical (unpaired) electrons. The Kier molecular flexibility index (Phi) is 5.24. The first kappa shape index (κ1) is 11.4. The fraction of sp³-hybridized carbons (Fsp3) is 1.00. The molecule has 13 heavy (non-hydrogen) atoms. The van der Waals surface area contributed by atoms with Gasteiger partial charge >= 0.3 is 0 Å². The van der Waals surface area contributed by atoms with Crippen LogP contribution in [0.15, 0.2) is 0 Å². The van der Waals surface area contributed by atoms with Crippen LogP contribution in [0.25, 0.3) is 0 Å². The molecule has 0 N–H and O–H groups in total. The first-order valence-corrected chi connectivity index (χ1v) is 5.88. The lowest BCUT2D eigenvalue weighted by Crippen LogP contribution is -2.48. The second-order valence-electron chi connectivity index (χ2n) is 3.72. The molecule has 0 aliphatic carbocycles. The molecule has 0 spiro atoms. The number of hydrogen-bond acceptors (Lipinski definition) is 3. The van der Waals surface area contributed by atoms with Crippen LogP contribution in [0, 0.1) is 0 Å². The predicted molar refractivity (Wildman–Crippen MR) is 58.5 cm³/mol. The van der Waals surface area contributed by atoms with Crippen molar-refractivity contribution in [3.63, 3.8) is 0 Å². The lowest BCUT2D eigenvalue weighted by molar-refractivity contribution is -0.000161. The minimum atomic E-state index is 0.564. The molecule has 78 valence electrons. The number of hydrogen-bond donors (Lipinski definition) is 0. The van der Waals surface area contributed by atoms with Gasteiger partial charge in [0.25, 0.3) is 0 Å². The van der Waals surface area contributed by atoms with Gasteiger partial charge in [-0.2, -0.15) is 0 Å². The summed E-state index contributed by atoms with van der Waals surface area (Å²) in [5.74, 6) is 0. The van der Waals surface area contributed by atoms with E-state index in [4.69, 9.17) is 4.74 Å². The highest BCUT2D eigenvalue weighted by Gasteiger charge is 2.21. The van der Waals surface area contributed by atoms with E-state index in [2.05, 4.69) is 39.8 Å². The predicted octanol–water partition coefficient (Wildman–Crippen LogP) is 0.644. The Morgan fingerprint density at radius 3 is 2.92 bits per heavy atom. The van der Waals surface area contributed by atoms with Crippen LogP contribution in [0.2, 0.25) is 0 Å². The zero-order valence-corrected chi connectivity index (χ0v) is 10.1. The van der Waals surface area contributed by atoms with E-state index < -0.39 is 0 Å². The van der Waals surface area contributed by atoms with Crippen molar-refractivity contribution < 1.29 is 4.74 Å². The number of morpholine rings is 1. The van der Waals surface area contributed by atoms with Gasteiger partial charge < -0.3 is 9.64 Å². The maximum Gasteiger partial charge on any atom is 0.0630 e. The minimum absolute atomic E-state index is 0.564. The molecule has 1 unspecified atom stereocenters. The molecule has 1 aliphatic heterocycles. The molecule has 0 bridgehead atoms. The van der Waals surface area contributed by atoms with Crippen molar-refractivity contribution in [1.29, 1.82) is 0 Å². The number of ether oxygens (including phenoxy) is 1. The Morgan fingerprint density at radius 1 is 1.54 bits per heavy atom. The molecule has 0 saturated carbocycles. The van der Waals surface area contributed by atoms with E-state index in [9.17, 15) is 0 Å². The van der Waals surface area contributed by atoms with Gasteiger partial charge in [0, 0.05) is 31.0 Å². The average molecular weight is 251 g/mol. The highest BCUT2D eigenvalue weighted by atomic mass is 79.9. The topological polar surface area (TPSA) is 15.7 Å². The van der Waals surface area contributed by atoms with Crippen LogP contribution in [-0.4, -0.2) is 68.1 Å². The Morgan fingerprint density at radius 2 is 2.31 bits per heavy atom. The van der Waals surface area contributed by atoms with E-state index >= 15 is 0 Å². The lowest BCUT2D eigenvalue weighted by Gasteiger charge is -2.35. The van der Waals surface area contributed by atoms with E-state index in [1.54, 1.807) is 0 Å². The van der Waals surface area contributed by atoms with Gasteiger partial charge in [-0.15, -0.1) is 0 Å². The van der Waals surface area contributed by atoms with Crippen molar-refractivity contribution in [3.8, 4) is 0 Å². The van der Waals surface area contributed by atoms with E-state index in [0.717, 1.165) is 38.2 Å². The van der Waals surface area contributed by atoms with Gasteiger partial charge in [0.15, 0.2) is 0 Å². The molecule has 1 aliphatic rings. The summed E-state index contributed by atoms with van der Waals surface area (Å²) in [7, 11) is 4.23. The van der Waals surface area contributed by atoms with Crippen LogP contribution in [0.3, 0.4) is 0 Å². The SMILES string of the molecule is CN(C)CCN1CCOCC1CBr. The molecule has 1 heterocycles. The van der Waals surface area contributed by atoms with Crippen LogP contribution in [-0.2, 0) is 4.74 Å². The third-order valence-electron chi connectivity index (χ3n) is 2.36. The van der Waals surface area contributed by atoms with E-state index in [0.29, 0.717) is 6.04 Å². The molecule has 3 nitrogen and oxygen atoms in total. The summed E-state index contributed by atoms with van der Waals surface area (Å²) in [6.45, 7) is 5.11. The molecule has 0 aromatic heterocycles. The van der Waals surface area contributed by atoms with Crippen molar-refractivity contribution in [3.05, 3.63) is 0 Å². The van der Waals surface area contributed by atoms with E-state index in [1.807, 2.05) is 0 Å². The third kappa shape index (κ3) is 3.94. The Balaban J connectivity index is 2.27. The maximum atomic E-state index is 5.42. The summed E-state index contributed by atoms with van der Waals surface area (Å²) in [5.41, 5.74) is 0. The van der Waals surface area contributed by atoms with E-state index in [1.165, 1.54) is 0 Å². The van der Waals surface area contributed by atoms with Crippen molar-refractivity contribution >= 4 is 15.9 Å². The molecular weight excluding hydrogens is 232 g/mol. The summed E-state index contributed by atoms with van der Waals surface area (Å²) in [6, 6.07) is 0.564. The first-order chi connectivity index (χ1) is 6.24. The number of likely N-dealkylation sites (N-methyl/N-ethyl adjacent to an activating group) is 1. The zero-order chi connectivity index (χ0) is 9.68. The highest BCUT2D eigenvalue weighted by molar-refractivity contribution is 9.09. The summed E-state index contributed by atoms with van der Waals surface area (Å²) in [5, 5.41) is 1.01. The highest BCUT2D eigenvalue weighted by Crippen LogP contribution is 2.08. The van der Waals surface area contributed by atoms with Gasteiger partial charge in [-0.3, -0.25) is 4.90 Å².